The molecule has 1 atom stereocenters. The first-order valence-corrected chi connectivity index (χ1v) is 8.17. The van der Waals surface area contributed by atoms with Gasteiger partial charge in [-0.1, -0.05) is 17.7 Å². The maximum Gasteiger partial charge on any atom is 0.416 e. The zero-order valence-corrected chi connectivity index (χ0v) is 15.0. The molecule has 0 saturated heterocycles. The zero-order chi connectivity index (χ0) is 20.2. The van der Waals surface area contributed by atoms with Crippen molar-refractivity contribution in [1.29, 1.82) is 0 Å². The van der Waals surface area contributed by atoms with Crippen LogP contribution < -0.4 is 9.47 Å². The Balaban J connectivity index is 2.20. The van der Waals surface area contributed by atoms with Crippen LogP contribution in [0, 0.1) is 5.82 Å². The smallest absolute Gasteiger partial charge is 0.416 e. The third-order valence-electron chi connectivity index (χ3n) is 3.28. The molecule has 0 radical (unpaired) electrons. The van der Waals surface area contributed by atoms with Gasteiger partial charge in [-0.15, -0.1) is 0 Å². The van der Waals surface area contributed by atoms with Crippen LogP contribution in [0.25, 0.3) is 0 Å². The van der Waals surface area contributed by atoms with E-state index in [2.05, 4.69) is 0 Å². The summed E-state index contributed by atoms with van der Waals surface area (Å²) in [6.07, 6.45) is -5.63. The number of halogens is 5. The molecule has 0 bridgehead atoms. The Kier molecular flexibility index (Phi) is 6.54. The molecule has 0 aromatic heterocycles. The maximum absolute atomic E-state index is 14.0. The van der Waals surface area contributed by atoms with Gasteiger partial charge in [-0.05, 0) is 38.1 Å². The summed E-state index contributed by atoms with van der Waals surface area (Å²) in [5.41, 5.74) is -1.22. The molecule has 0 aliphatic heterocycles. The van der Waals surface area contributed by atoms with Crippen molar-refractivity contribution in [3.05, 3.63) is 52.8 Å². The highest BCUT2D eigenvalue weighted by Gasteiger charge is 2.32. The molecule has 2 aromatic rings. The Morgan fingerprint density at radius 1 is 1.19 bits per heavy atom. The van der Waals surface area contributed by atoms with Gasteiger partial charge in [0.05, 0.1) is 17.2 Å². The molecule has 4 nitrogen and oxygen atoms in total. The third-order valence-corrected chi connectivity index (χ3v) is 3.56. The van der Waals surface area contributed by atoms with E-state index in [1.165, 1.54) is 31.2 Å². The van der Waals surface area contributed by atoms with Crippen LogP contribution in [0.2, 0.25) is 5.02 Å². The fourth-order valence-electron chi connectivity index (χ4n) is 2.06. The molecule has 0 heterocycles. The molecule has 0 amide bonds. The van der Waals surface area contributed by atoms with E-state index in [9.17, 15) is 22.4 Å². The Labute approximate surface area is 157 Å². The fourth-order valence-corrected chi connectivity index (χ4v) is 2.31. The van der Waals surface area contributed by atoms with Crippen molar-refractivity contribution in [2.75, 3.05) is 6.61 Å². The van der Waals surface area contributed by atoms with E-state index in [0.29, 0.717) is 12.1 Å². The second kappa shape index (κ2) is 8.47. The lowest BCUT2D eigenvalue weighted by Gasteiger charge is -2.15. The summed E-state index contributed by atoms with van der Waals surface area (Å²) in [4.78, 5) is 11.6. The lowest BCUT2D eigenvalue weighted by atomic mass is 10.2. The van der Waals surface area contributed by atoms with Crippen molar-refractivity contribution in [2.45, 2.75) is 26.1 Å². The fraction of sp³-hybridized carbons (Fsp3) is 0.278. The summed E-state index contributed by atoms with van der Waals surface area (Å²) in [6.45, 7) is 3.33. The lowest BCUT2D eigenvalue weighted by molar-refractivity contribution is -0.150. The monoisotopic (exact) mass is 406 g/mol. The van der Waals surface area contributed by atoms with Crippen molar-refractivity contribution >= 4 is 17.6 Å². The zero-order valence-electron chi connectivity index (χ0n) is 14.3. The van der Waals surface area contributed by atoms with E-state index >= 15 is 0 Å². The van der Waals surface area contributed by atoms with Crippen LogP contribution in [0.1, 0.15) is 19.4 Å². The number of ether oxygens (including phenoxy) is 3. The summed E-state index contributed by atoms with van der Waals surface area (Å²) in [7, 11) is 0. The van der Waals surface area contributed by atoms with Crippen LogP contribution in [-0.2, 0) is 15.7 Å². The SMILES string of the molecule is CCOC(=O)C(C)Oc1cccc(Oc2c(F)cc(C(F)(F)F)cc2Cl)c1. The third kappa shape index (κ3) is 5.50. The minimum atomic E-state index is -4.74. The largest absolute Gasteiger partial charge is 0.479 e. The van der Waals surface area contributed by atoms with Crippen molar-refractivity contribution in [3.63, 3.8) is 0 Å². The van der Waals surface area contributed by atoms with Gasteiger partial charge in [0.15, 0.2) is 17.7 Å². The highest BCUT2D eigenvalue weighted by atomic mass is 35.5. The topological polar surface area (TPSA) is 44.8 Å². The minimum Gasteiger partial charge on any atom is -0.479 e. The van der Waals surface area contributed by atoms with Crippen molar-refractivity contribution in [2.24, 2.45) is 0 Å². The number of carbonyl (C=O) groups excluding carboxylic acids is 1. The van der Waals surface area contributed by atoms with Crippen LogP contribution in [0.15, 0.2) is 36.4 Å². The van der Waals surface area contributed by atoms with Gasteiger partial charge in [-0.2, -0.15) is 13.2 Å². The summed E-state index contributed by atoms with van der Waals surface area (Å²) in [5.74, 6) is -2.11. The molecule has 2 aromatic carbocycles. The second-order valence-electron chi connectivity index (χ2n) is 5.36. The molecule has 0 aliphatic carbocycles. The maximum atomic E-state index is 14.0. The standard InChI is InChI=1S/C18H15ClF4O4/c1-3-25-17(24)10(2)26-12-5-4-6-13(9-12)27-16-14(19)7-11(8-15(16)20)18(21,22)23/h4-10H,3H2,1-2H3. The summed E-state index contributed by atoms with van der Waals surface area (Å²) in [5, 5.41) is -0.534. The number of alkyl halides is 3. The number of rotatable bonds is 6. The molecule has 146 valence electrons. The quantitative estimate of drug-likeness (QED) is 0.461. The van der Waals surface area contributed by atoms with E-state index in [1.54, 1.807) is 6.92 Å². The molecule has 2 rings (SSSR count). The van der Waals surface area contributed by atoms with Crippen LogP contribution in [0.4, 0.5) is 17.6 Å². The number of esters is 1. The Hall–Kier alpha value is -2.48. The van der Waals surface area contributed by atoms with Gasteiger partial charge in [-0.3, -0.25) is 0 Å². The molecule has 0 fully saturated rings. The van der Waals surface area contributed by atoms with E-state index in [-0.39, 0.29) is 18.1 Å². The van der Waals surface area contributed by atoms with E-state index in [4.69, 9.17) is 25.8 Å². The van der Waals surface area contributed by atoms with Crippen molar-refractivity contribution in [3.8, 4) is 17.2 Å². The second-order valence-corrected chi connectivity index (χ2v) is 5.76. The van der Waals surface area contributed by atoms with Crippen LogP contribution in [-0.4, -0.2) is 18.7 Å². The Morgan fingerprint density at radius 3 is 2.44 bits per heavy atom. The van der Waals surface area contributed by atoms with Gasteiger partial charge in [-0.25, -0.2) is 9.18 Å². The molecule has 0 aliphatic rings. The van der Waals surface area contributed by atoms with E-state index < -0.39 is 40.4 Å². The van der Waals surface area contributed by atoms with Crippen molar-refractivity contribution < 1.29 is 36.6 Å². The van der Waals surface area contributed by atoms with Gasteiger partial charge in [0.2, 0.25) is 0 Å². The summed E-state index contributed by atoms with van der Waals surface area (Å²) < 4.78 is 67.6. The van der Waals surface area contributed by atoms with Gasteiger partial charge in [0.25, 0.3) is 0 Å². The van der Waals surface area contributed by atoms with Gasteiger partial charge in [0, 0.05) is 6.07 Å². The van der Waals surface area contributed by atoms with Gasteiger partial charge >= 0.3 is 12.1 Å². The average Bonchev–Trinajstić information content (AvgIpc) is 2.57. The molecule has 0 saturated carbocycles. The predicted octanol–water partition coefficient (Wildman–Crippen LogP) is 5.62. The molecule has 0 spiro atoms. The number of benzene rings is 2. The lowest BCUT2D eigenvalue weighted by Crippen LogP contribution is -2.26. The van der Waals surface area contributed by atoms with Crippen molar-refractivity contribution in [1.82, 2.24) is 0 Å². The molecular weight excluding hydrogens is 392 g/mol. The van der Waals surface area contributed by atoms with E-state index in [0.717, 1.165) is 0 Å². The van der Waals surface area contributed by atoms with E-state index in [1.807, 2.05) is 0 Å². The van der Waals surface area contributed by atoms with Crippen LogP contribution in [0.3, 0.4) is 0 Å². The Bertz CT molecular complexity index is 800. The number of carbonyl (C=O) groups is 1. The minimum absolute atomic E-state index is 0.0594. The number of hydrogen-bond donors (Lipinski definition) is 0. The van der Waals surface area contributed by atoms with Crippen LogP contribution in [0.5, 0.6) is 17.2 Å². The molecule has 27 heavy (non-hydrogen) atoms. The predicted molar refractivity (Wildman–Crippen MR) is 89.7 cm³/mol. The summed E-state index contributed by atoms with van der Waals surface area (Å²) >= 11 is 5.73. The first kappa shape index (κ1) is 20.8. The number of hydrogen-bond acceptors (Lipinski definition) is 4. The highest BCUT2D eigenvalue weighted by molar-refractivity contribution is 6.32. The first-order chi connectivity index (χ1) is 12.6. The van der Waals surface area contributed by atoms with Gasteiger partial charge in [0.1, 0.15) is 11.5 Å². The molecule has 1 unspecified atom stereocenters. The normalized spacial score (nSPS) is 12.4. The summed E-state index contributed by atoms with van der Waals surface area (Å²) in [6, 6.07) is 6.65. The van der Waals surface area contributed by atoms with Crippen LogP contribution >= 0.6 is 11.6 Å². The highest BCUT2D eigenvalue weighted by Crippen LogP contribution is 2.39. The molecule has 0 N–H and O–H groups in total. The molecular formula is C18H15ClF4O4. The first-order valence-electron chi connectivity index (χ1n) is 7.79. The average molecular weight is 407 g/mol. The van der Waals surface area contributed by atoms with Gasteiger partial charge < -0.3 is 14.2 Å². The molecule has 9 heteroatoms. The Morgan fingerprint density at radius 2 is 1.85 bits per heavy atom.